The molecule has 25 heavy (non-hydrogen) atoms. The molecule has 1 N–H and O–H groups in total. The number of ether oxygens (including phenoxy) is 1. The lowest BCUT2D eigenvalue weighted by Gasteiger charge is -2.45. The summed E-state index contributed by atoms with van der Waals surface area (Å²) in [6.07, 6.45) is 3.44. The molecule has 2 aliphatic rings. The van der Waals surface area contributed by atoms with E-state index in [-0.39, 0.29) is 29.3 Å². The molecule has 1 aromatic carbocycles. The fraction of sp³-hybridized carbons (Fsp3) is 0.667. The standard InChI is InChI=1S/C21H31NO3/c1-15(16-5-7-17(8-6-16)20(2,3)4)22-14-13-21(25-19(22)24)11-9-18(23)10-12-21/h5-8,15,18,23H,9-14H2,1-4H3/t15-,18-,21+/m0/s1. The Labute approximate surface area is 151 Å². The Morgan fingerprint density at radius 1 is 1.16 bits per heavy atom. The van der Waals surface area contributed by atoms with Gasteiger partial charge in [0.15, 0.2) is 0 Å². The fourth-order valence-corrected chi connectivity index (χ4v) is 3.98. The van der Waals surface area contributed by atoms with Gasteiger partial charge in [0.2, 0.25) is 0 Å². The minimum Gasteiger partial charge on any atom is -0.443 e. The van der Waals surface area contributed by atoms with Gasteiger partial charge < -0.3 is 14.7 Å². The van der Waals surface area contributed by atoms with Crippen molar-refractivity contribution < 1.29 is 14.6 Å². The molecule has 0 aromatic heterocycles. The summed E-state index contributed by atoms with van der Waals surface area (Å²) in [5.41, 5.74) is 2.22. The minimum atomic E-state index is -0.345. The van der Waals surface area contributed by atoms with Crippen LogP contribution in [0.3, 0.4) is 0 Å². The molecule has 0 bridgehead atoms. The SMILES string of the molecule is C[C@@H](c1ccc(C(C)(C)C)cc1)N1CC[C@]2(CC[C@H](O)CC2)OC1=O. The highest BCUT2D eigenvalue weighted by Gasteiger charge is 2.44. The smallest absolute Gasteiger partial charge is 0.410 e. The lowest BCUT2D eigenvalue weighted by molar-refractivity contribution is -0.0908. The summed E-state index contributed by atoms with van der Waals surface area (Å²) in [5.74, 6) is 0. The molecule has 1 aliphatic heterocycles. The van der Waals surface area contributed by atoms with Crippen LogP contribution in [-0.2, 0) is 10.2 Å². The summed E-state index contributed by atoms with van der Waals surface area (Å²) in [7, 11) is 0. The monoisotopic (exact) mass is 345 g/mol. The predicted molar refractivity (Wildman–Crippen MR) is 98.6 cm³/mol. The van der Waals surface area contributed by atoms with Crippen molar-refractivity contribution in [1.29, 1.82) is 0 Å². The van der Waals surface area contributed by atoms with E-state index in [1.54, 1.807) is 0 Å². The van der Waals surface area contributed by atoms with Crippen molar-refractivity contribution in [2.45, 2.75) is 83.0 Å². The normalized spacial score (nSPS) is 28.8. The Bertz CT molecular complexity index is 609. The molecular formula is C21H31NO3. The van der Waals surface area contributed by atoms with Crippen molar-refractivity contribution >= 4 is 6.09 Å². The number of aliphatic hydroxyl groups excluding tert-OH is 1. The second-order valence-corrected chi connectivity index (χ2v) is 8.77. The molecular weight excluding hydrogens is 314 g/mol. The molecule has 138 valence electrons. The zero-order valence-electron chi connectivity index (χ0n) is 15.9. The van der Waals surface area contributed by atoms with E-state index in [1.807, 2.05) is 4.90 Å². The Morgan fingerprint density at radius 3 is 2.28 bits per heavy atom. The molecule has 1 atom stereocenters. The van der Waals surface area contributed by atoms with E-state index >= 15 is 0 Å². The van der Waals surface area contributed by atoms with Crippen LogP contribution in [0.2, 0.25) is 0 Å². The highest BCUT2D eigenvalue weighted by Crippen LogP contribution is 2.39. The quantitative estimate of drug-likeness (QED) is 0.855. The van der Waals surface area contributed by atoms with Gasteiger partial charge in [-0.1, -0.05) is 45.0 Å². The molecule has 4 nitrogen and oxygen atoms in total. The third kappa shape index (κ3) is 3.84. The van der Waals surface area contributed by atoms with Crippen LogP contribution in [0.15, 0.2) is 24.3 Å². The minimum absolute atomic E-state index is 0.00745. The highest BCUT2D eigenvalue weighted by atomic mass is 16.6. The molecule has 1 aliphatic carbocycles. The van der Waals surface area contributed by atoms with Crippen molar-refractivity contribution in [2.75, 3.05) is 6.54 Å². The van der Waals surface area contributed by atoms with Gasteiger partial charge in [-0.05, 0) is 49.1 Å². The van der Waals surface area contributed by atoms with Gasteiger partial charge in [0, 0.05) is 13.0 Å². The first kappa shape index (κ1) is 18.2. The third-order valence-electron chi connectivity index (χ3n) is 5.94. The lowest BCUT2D eigenvalue weighted by atomic mass is 9.80. The van der Waals surface area contributed by atoms with E-state index in [4.69, 9.17) is 4.74 Å². The van der Waals surface area contributed by atoms with Crippen LogP contribution >= 0.6 is 0 Å². The maximum atomic E-state index is 12.6. The molecule has 4 heteroatoms. The van der Waals surface area contributed by atoms with Crippen LogP contribution in [0.1, 0.15) is 77.0 Å². The molecule has 0 unspecified atom stereocenters. The number of benzene rings is 1. The van der Waals surface area contributed by atoms with Crippen LogP contribution in [0.25, 0.3) is 0 Å². The Hall–Kier alpha value is -1.55. The fourth-order valence-electron chi connectivity index (χ4n) is 3.98. The zero-order valence-corrected chi connectivity index (χ0v) is 15.9. The number of amides is 1. The molecule has 1 saturated heterocycles. The number of hydrogen-bond acceptors (Lipinski definition) is 3. The summed E-state index contributed by atoms with van der Waals surface area (Å²) in [5, 5.41) is 9.71. The number of carbonyl (C=O) groups excluding carboxylic acids is 1. The second-order valence-electron chi connectivity index (χ2n) is 8.77. The van der Waals surface area contributed by atoms with Gasteiger partial charge in [-0.25, -0.2) is 4.79 Å². The first-order chi connectivity index (χ1) is 11.7. The highest BCUT2D eigenvalue weighted by molar-refractivity contribution is 5.69. The van der Waals surface area contributed by atoms with Crippen LogP contribution < -0.4 is 0 Å². The van der Waals surface area contributed by atoms with Crippen LogP contribution in [0, 0.1) is 0 Å². The summed E-state index contributed by atoms with van der Waals surface area (Å²) in [4.78, 5) is 14.5. The van der Waals surface area contributed by atoms with Crippen molar-refractivity contribution in [2.24, 2.45) is 0 Å². The van der Waals surface area contributed by atoms with Crippen LogP contribution in [-0.4, -0.2) is 34.3 Å². The number of carbonyl (C=O) groups is 1. The molecule has 1 saturated carbocycles. The van der Waals surface area contributed by atoms with E-state index in [0.717, 1.165) is 44.2 Å². The van der Waals surface area contributed by atoms with Crippen LogP contribution in [0.4, 0.5) is 4.79 Å². The molecule has 1 aromatic rings. The van der Waals surface area contributed by atoms with Crippen molar-refractivity contribution in [3.63, 3.8) is 0 Å². The zero-order chi connectivity index (χ0) is 18.2. The van der Waals surface area contributed by atoms with Crippen molar-refractivity contribution in [1.82, 2.24) is 4.90 Å². The van der Waals surface area contributed by atoms with E-state index in [9.17, 15) is 9.90 Å². The van der Waals surface area contributed by atoms with Gasteiger partial charge in [0.1, 0.15) is 5.60 Å². The number of nitrogens with zero attached hydrogens (tertiary/aromatic N) is 1. The average Bonchev–Trinajstić information content (AvgIpc) is 2.57. The summed E-state index contributed by atoms with van der Waals surface area (Å²) in [6.45, 7) is 9.39. The first-order valence-electron chi connectivity index (χ1n) is 9.48. The molecule has 1 spiro atoms. The topological polar surface area (TPSA) is 49.8 Å². The third-order valence-corrected chi connectivity index (χ3v) is 5.94. The van der Waals surface area contributed by atoms with E-state index < -0.39 is 0 Å². The second kappa shape index (κ2) is 6.64. The Morgan fingerprint density at radius 2 is 1.76 bits per heavy atom. The first-order valence-corrected chi connectivity index (χ1v) is 9.48. The van der Waals surface area contributed by atoms with Crippen molar-refractivity contribution in [3.8, 4) is 0 Å². The molecule has 2 fully saturated rings. The van der Waals surface area contributed by atoms with Crippen molar-refractivity contribution in [3.05, 3.63) is 35.4 Å². The Kier molecular flexibility index (Phi) is 4.84. The maximum absolute atomic E-state index is 12.6. The summed E-state index contributed by atoms with van der Waals surface area (Å²) < 4.78 is 5.87. The molecule has 3 rings (SSSR count). The van der Waals surface area contributed by atoms with Gasteiger partial charge in [-0.3, -0.25) is 0 Å². The Balaban J connectivity index is 1.67. The largest absolute Gasteiger partial charge is 0.443 e. The molecule has 0 radical (unpaired) electrons. The van der Waals surface area contributed by atoms with Gasteiger partial charge in [0.05, 0.1) is 12.1 Å². The van der Waals surface area contributed by atoms with E-state index in [1.165, 1.54) is 5.56 Å². The van der Waals surface area contributed by atoms with Gasteiger partial charge in [-0.15, -0.1) is 0 Å². The maximum Gasteiger partial charge on any atom is 0.410 e. The summed E-state index contributed by atoms with van der Waals surface area (Å²) in [6, 6.07) is 8.57. The summed E-state index contributed by atoms with van der Waals surface area (Å²) >= 11 is 0. The predicted octanol–water partition coefficient (Wildman–Crippen LogP) is 4.56. The van der Waals surface area contributed by atoms with E-state index in [0.29, 0.717) is 0 Å². The van der Waals surface area contributed by atoms with Gasteiger partial charge >= 0.3 is 6.09 Å². The van der Waals surface area contributed by atoms with E-state index in [2.05, 4.69) is 52.0 Å². The lowest BCUT2D eigenvalue weighted by Crippen LogP contribution is -2.52. The number of hydrogen-bond donors (Lipinski definition) is 1. The van der Waals surface area contributed by atoms with Gasteiger partial charge in [-0.2, -0.15) is 0 Å². The number of aliphatic hydroxyl groups is 1. The van der Waals surface area contributed by atoms with Gasteiger partial charge in [0.25, 0.3) is 0 Å². The average molecular weight is 345 g/mol. The van der Waals surface area contributed by atoms with Crippen LogP contribution in [0.5, 0.6) is 0 Å². The molecule has 1 amide bonds. The number of rotatable bonds is 2. The molecule has 1 heterocycles.